The molecule has 0 radical (unpaired) electrons. The first-order valence-electron chi connectivity index (χ1n) is 7.14. The lowest BCUT2D eigenvalue weighted by atomic mass is 9.79. The van der Waals surface area contributed by atoms with E-state index in [1.807, 2.05) is 6.20 Å². The van der Waals surface area contributed by atoms with Gasteiger partial charge >= 0.3 is 0 Å². The molecule has 0 aromatic carbocycles. The molecule has 0 aliphatic carbocycles. The van der Waals surface area contributed by atoms with Gasteiger partial charge in [0, 0.05) is 16.5 Å². The average molecular weight is 253 g/mol. The van der Waals surface area contributed by atoms with E-state index in [9.17, 15) is 0 Å². The fraction of sp³-hybridized carbons (Fsp3) is 0.800. The summed E-state index contributed by atoms with van der Waals surface area (Å²) in [6.45, 7) is 6.99. The largest absolute Gasteiger partial charge is 0.201 e. The van der Waals surface area contributed by atoms with Crippen LogP contribution in [0.3, 0.4) is 0 Å². The molecular weight excluding hydrogens is 226 g/mol. The van der Waals surface area contributed by atoms with Crippen molar-refractivity contribution in [2.45, 2.75) is 77.6 Å². The second-order valence-electron chi connectivity index (χ2n) is 5.35. The van der Waals surface area contributed by atoms with Crippen molar-refractivity contribution in [2.24, 2.45) is 0 Å². The molecular formula is C15H27NS. The molecule has 0 saturated carbocycles. The van der Waals surface area contributed by atoms with E-state index in [1.54, 1.807) is 11.5 Å². The fourth-order valence-electron chi connectivity index (χ4n) is 2.41. The molecule has 0 aliphatic rings. The molecule has 0 bridgehead atoms. The van der Waals surface area contributed by atoms with Crippen LogP contribution in [0.5, 0.6) is 0 Å². The fourth-order valence-corrected chi connectivity index (χ4v) is 3.19. The summed E-state index contributed by atoms with van der Waals surface area (Å²) in [5.41, 5.74) is 0.380. The third-order valence-corrected chi connectivity index (χ3v) is 4.75. The molecule has 1 rings (SSSR count). The lowest BCUT2D eigenvalue weighted by molar-refractivity contribution is 0.375. The number of hydrogen-bond acceptors (Lipinski definition) is 2. The Hall–Kier alpha value is -0.370. The highest BCUT2D eigenvalue weighted by atomic mass is 32.1. The van der Waals surface area contributed by atoms with Gasteiger partial charge in [0.25, 0.3) is 0 Å². The zero-order chi connectivity index (χ0) is 12.6. The van der Waals surface area contributed by atoms with Gasteiger partial charge in [-0.25, -0.2) is 4.37 Å². The number of nitrogens with zero attached hydrogens (tertiary/aromatic N) is 1. The summed E-state index contributed by atoms with van der Waals surface area (Å²) in [7, 11) is 0. The Morgan fingerprint density at radius 1 is 1.06 bits per heavy atom. The van der Waals surface area contributed by atoms with Crippen LogP contribution >= 0.6 is 11.5 Å². The van der Waals surface area contributed by atoms with Gasteiger partial charge in [-0.3, -0.25) is 0 Å². The Bertz CT molecular complexity index is 281. The van der Waals surface area contributed by atoms with E-state index in [-0.39, 0.29) is 0 Å². The molecule has 98 valence electrons. The Morgan fingerprint density at radius 2 is 1.76 bits per heavy atom. The standard InChI is InChI=1S/C15H27NS/c1-4-6-8-9-12-15(3,11-7-5-2)14-10-13-16-17-14/h10,13H,4-9,11-12H2,1-3H3. The van der Waals surface area contributed by atoms with E-state index in [4.69, 9.17) is 0 Å². The number of hydrogen-bond donors (Lipinski definition) is 0. The van der Waals surface area contributed by atoms with Gasteiger partial charge in [0.1, 0.15) is 0 Å². The minimum atomic E-state index is 0.380. The Kier molecular flexibility index (Phi) is 6.79. The maximum atomic E-state index is 4.28. The first kappa shape index (κ1) is 14.7. The van der Waals surface area contributed by atoms with Crippen LogP contribution in [-0.4, -0.2) is 4.37 Å². The van der Waals surface area contributed by atoms with E-state index in [1.165, 1.54) is 56.2 Å². The summed E-state index contributed by atoms with van der Waals surface area (Å²) in [5.74, 6) is 0. The topological polar surface area (TPSA) is 12.9 Å². The maximum Gasteiger partial charge on any atom is 0.0409 e. The molecule has 1 heterocycles. The lowest BCUT2D eigenvalue weighted by Gasteiger charge is -2.28. The van der Waals surface area contributed by atoms with Crippen molar-refractivity contribution in [3.05, 3.63) is 17.1 Å². The van der Waals surface area contributed by atoms with Crippen LogP contribution in [-0.2, 0) is 5.41 Å². The minimum absolute atomic E-state index is 0.380. The van der Waals surface area contributed by atoms with Gasteiger partial charge < -0.3 is 0 Å². The molecule has 1 unspecified atom stereocenters. The molecule has 0 spiro atoms. The second-order valence-corrected chi connectivity index (χ2v) is 6.18. The lowest BCUT2D eigenvalue weighted by Crippen LogP contribution is -2.20. The molecule has 1 aromatic heterocycles. The van der Waals surface area contributed by atoms with Crippen molar-refractivity contribution in [1.82, 2.24) is 4.37 Å². The highest BCUT2D eigenvalue weighted by Crippen LogP contribution is 2.36. The molecule has 0 fully saturated rings. The predicted molar refractivity (Wildman–Crippen MR) is 77.8 cm³/mol. The van der Waals surface area contributed by atoms with E-state index in [0.29, 0.717) is 5.41 Å². The maximum absolute atomic E-state index is 4.28. The third kappa shape index (κ3) is 4.79. The van der Waals surface area contributed by atoms with Crippen molar-refractivity contribution in [3.8, 4) is 0 Å². The van der Waals surface area contributed by atoms with Crippen LogP contribution in [0.25, 0.3) is 0 Å². The normalized spacial score (nSPS) is 14.8. The molecule has 1 aromatic rings. The monoisotopic (exact) mass is 253 g/mol. The molecule has 17 heavy (non-hydrogen) atoms. The predicted octanol–water partition coefficient (Wildman–Crippen LogP) is 5.56. The second kappa shape index (κ2) is 7.86. The third-order valence-electron chi connectivity index (χ3n) is 3.70. The minimum Gasteiger partial charge on any atom is -0.201 e. The van der Waals surface area contributed by atoms with Crippen LogP contribution in [0.1, 0.15) is 77.0 Å². The molecule has 0 amide bonds. The summed E-state index contributed by atoms with van der Waals surface area (Å²) in [6, 6.07) is 2.22. The van der Waals surface area contributed by atoms with Crippen molar-refractivity contribution in [1.29, 1.82) is 0 Å². The van der Waals surface area contributed by atoms with E-state index in [2.05, 4.69) is 31.2 Å². The quantitative estimate of drug-likeness (QED) is 0.525. The molecule has 0 saturated heterocycles. The Morgan fingerprint density at radius 3 is 2.35 bits per heavy atom. The van der Waals surface area contributed by atoms with Gasteiger partial charge in [0.05, 0.1) is 0 Å². The van der Waals surface area contributed by atoms with E-state index >= 15 is 0 Å². The number of rotatable bonds is 9. The van der Waals surface area contributed by atoms with Crippen molar-refractivity contribution in [2.75, 3.05) is 0 Å². The summed E-state index contributed by atoms with van der Waals surface area (Å²) in [4.78, 5) is 1.49. The Labute approximate surface area is 111 Å². The smallest absolute Gasteiger partial charge is 0.0409 e. The van der Waals surface area contributed by atoms with E-state index < -0.39 is 0 Å². The molecule has 1 nitrogen and oxygen atoms in total. The van der Waals surface area contributed by atoms with Gasteiger partial charge in [0.15, 0.2) is 0 Å². The number of unbranched alkanes of at least 4 members (excludes halogenated alkanes) is 4. The highest BCUT2D eigenvalue weighted by molar-refractivity contribution is 7.05. The molecule has 1 atom stereocenters. The molecule has 0 N–H and O–H groups in total. The zero-order valence-corrected chi connectivity index (χ0v) is 12.5. The summed E-state index contributed by atoms with van der Waals surface area (Å²) in [5, 5.41) is 0. The van der Waals surface area contributed by atoms with Gasteiger partial charge in [0.2, 0.25) is 0 Å². The molecule has 2 heteroatoms. The van der Waals surface area contributed by atoms with Crippen LogP contribution in [0.2, 0.25) is 0 Å². The Balaban J connectivity index is 2.53. The van der Waals surface area contributed by atoms with E-state index in [0.717, 1.165) is 0 Å². The van der Waals surface area contributed by atoms with Gasteiger partial charge in [-0.15, -0.1) is 0 Å². The van der Waals surface area contributed by atoms with Crippen molar-refractivity contribution >= 4 is 11.5 Å². The zero-order valence-electron chi connectivity index (χ0n) is 11.7. The summed E-state index contributed by atoms with van der Waals surface area (Å²) < 4.78 is 4.28. The van der Waals surface area contributed by atoms with Gasteiger partial charge in [-0.2, -0.15) is 0 Å². The average Bonchev–Trinajstić information content (AvgIpc) is 2.86. The molecule has 0 aliphatic heterocycles. The van der Waals surface area contributed by atoms with Gasteiger partial charge in [-0.1, -0.05) is 59.3 Å². The highest BCUT2D eigenvalue weighted by Gasteiger charge is 2.26. The van der Waals surface area contributed by atoms with Crippen molar-refractivity contribution in [3.63, 3.8) is 0 Å². The van der Waals surface area contributed by atoms with Crippen LogP contribution in [0.4, 0.5) is 0 Å². The summed E-state index contributed by atoms with van der Waals surface area (Å²) in [6.07, 6.45) is 12.7. The first-order chi connectivity index (χ1) is 8.23. The van der Waals surface area contributed by atoms with Gasteiger partial charge in [-0.05, 0) is 30.4 Å². The van der Waals surface area contributed by atoms with Crippen molar-refractivity contribution < 1.29 is 0 Å². The first-order valence-corrected chi connectivity index (χ1v) is 7.91. The van der Waals surface area contributed by atoms with Crippen LogP contribution in [0.15, 0.2) is 12.3 Å². The summed E-state index contributed by atoms with van der Waals surface area (Å²) >= 11 is 1.69. The number of aromatic nitrogens is 1. The van der Waals surface area contributed by atoms with Crippen LogP contribution in [0, 0.1) is 0 Å². The van der Waals surface area contributed by atoms with Crippen LogP contribution < -0.4 is 0 Å². The SMILES string of the molecule is CCCCCCC(C)(CCCC)c1ccns1.